The van der Waals surface area contributed by atoms with Crippen LogP contribution in [0.1, 0.15) is 98.3 Å². The van der Waals surface area contributed by atoms with E-state index in [1.54, 1.807) is 0 Å². The summed E-state index contributed by atoms with van der Waals surface area (Å²) in [7, 11) is 0. The van der Waals surface area contributed by atoms with E-state index in [-0.39, 0.29) is 65.6 Å². The lowest BCUT2D eigenvalue weighted by Gasteiger charge is -2.63. The Morgan fingerprint density at radius 2 is 1.76 bits per heavy atom. The van der Waals surface area contributed by atoms with Gasteiger partial charge in [-0.05, 0) is 104 Å². The number of aliphatic hydroxyl groups is 3. The number of unbranched alkanes of at least 4 members (excludes halogenated alkanes) is 1. The number of guanidine groups is 2. The molecule has 0 spiro atoms. The van der Waals surface area contributed by atoms with E-state index < -0.39 is 12.1 Å². The normalized spacial score (nSPS) is 39.8. The molecule has 0 amide bonds. The largest absolute Gasteiger partial charge is 0.481 e. The van der Waals surface area contributed by atoms with Gasteiger partial charge in [-0.15, -0.1) is 12.4 Å². The van der Waals surface area contributed by atoms with E-state index in [0.717, 1.165) is 64.3 Å². The van der Waals surface area contributed by atoms with Gasteiger partial charge in [0, 0.05) is 13.0 Å². The van der Waals surface area contributed by atoms with Crippen molar-refractivity contribution in [3.63, 3.8) is 0 Å². The van der Waals surface area contributed by atoms with Crippen LogP contribution >= 0.6 is 12.4 Å². The van der Waals surface area contributed by atoms with E-state index >= 15 is 0 Å². The summed E-state index contributed by atoms with van der Waals surface area (Å²) in [5, 5.41) is 61.1. The molecule has 4 aliphatic carbocycles. The first-order valence-corrected chi connectivity index (χ1v) is 15.4. The molecule has 0 saturated heterocycles. The van der Waals surface area contributed by atoms with Crippen LogP contribution in [0.3, 0.4) is 0 Å². The fourth-order valence-electron chi connectivity index (χ4n) is 9.25. The third kappa shape index (κ3) is 7.67. The average molecular weight is 602 g/mol. The number of nitrogens with one attached hydrogen (secondary N) is 4. The second-order valence-corrected chi connectivity index (χ2v) is 13.6. The molecule has 238 valence electrons. The van der Waals surface area contributed by atoms with E-state index in [4.69, 9.17) is 21.7 Å². The van der Waals surface area contributed by atoms with E-state index in [2.05, 4.69) is 38.3 Å². The van der Waals surface area contributed by atoms with Crippen molar-refractivity contribution in [1.29, 1.82) is 10.8 Å². The Morgan fingerprint density at radius 1 is 1.07 bits per heavy atom. The van der Waals surface area contributed by atoms with Crippen LogP contribution in [0, 0.1) is 57.2 Å². The van der Waals surface area contributed by atoms with Gasteiger partial charge in [0.2, 0.25) is 0 Å². The molecule has 0 aliphatic heterocycles. The molecule has 0 radical (unpaired) electrons. The minimum absolute atomic E-state index is 0. The molecule has 0 unspecified atom stereocenters. The zero-order valence-electron chi connectivity index (χ0n) is 25.4. The molecule has 4 fully saturated rings. The first-order chi connectivity index (χ1) is 18.7. The predicted octanol–water partition coefficient (Wildman–Crippen LogP) is 3.66. The van der Waals surface area contributed by atoms with E-state index in [1.165, 1.54) is 0 Å². The van der Waals surface area contributed by atoms with Gasteiger partial charge in [0.05, 0.1) is 18.3 Å². The molecule has 0 aromatic carbocycles. The minimum Gasteiger partial charge on any atom is -0.481 e. The van der Waals surface area contributed by atoms with E-state index in [0.29, 0.717) is 30.1 Å². The van der Waals surface area contributed by atoms with Crippen molar-refractivity contribution in [3.05, 3.63) is 0 Å². The van der Waals surface area contributed by atoms with Crippen molar-refractivity contribution in [1.82, 2.24) is 10.6 Å². The predicted molar refractivity (Wildman–Crippen MR) is 163 cm³/mol. The SMILES string of the molecule is CCCCNC(=N)NC(=N)N.C[C@H](CCC(=O)O)[C@H]1CC[C@H]2[C@@H]3[C@H](O)C[C@@H]4C[C@H](O)CC[C@]4(C)[C@H]3C[C@H](O)[C@]12C.Cl. The standard InChI is InChI=1S/C24H40O5.C6H15N5.ClH/c1-13(4-7-21(28)29)16-5-6-17-22-18(12-20(27)24(16,17)3)23(2)9-8-15(25)10-14(23)11-19(22)26;1-2-3-4-10-6(9)11-5(7)8;/h13-20,22,25-27H,4-12H2,1-3H3,(H,28,29);2-4H2,1H3,(H6,7,8,9,10,11);1H/t13-,14+,15-,16-,17+,18+,19-,20+,22+,23+,24-;;/m1../s1. The maximum absolute atomic E-state index is 11.5. The number of hydrogen-bond donors (Lipinski definition) is 9. The maximum Gasteiger partial charge on any atom is 0.303 e. The van der Waals surface area contributed by atoms with Crippen LogP contribution in [0.2, 0.25) is 0 Å². The highest BCUT2D eigenvalue weighted by Crippen LogP contribution is 2.68. The lowest BCUT2D eigenvalue weighted by molar-refractivity contribution is -0.207. The molecule has 4 aliphatic rings. The smallest absolute Gasteiger partial charge is 0.303 e. The Labute approximate surface area is 252 Å². The van der Waals surface area contributed by atoms with Crippen molar-refractivity contribution >= 4 is 30.3 Å². The lowest BCUT2D eigenvalue weighted by atomic mass is 9.43. The summed E-state index contributed by atoms with van der Waals surface area (Å²) in [4.78, 5) is 11.1. The molecule has 10 N–H and O–H groups in total. The van der Waals surface area contributed by atoms with Crippen molar-refractivity contribution < 1.29 is 25.2 Å². The number of hydrogen-bond acceptors (Lipinski definition) is 6. The number of carboxylic acids is 1. The average Bonchev–Trinajstić information content (AvgIpc) is 3.23. The molecular weight excluding hydrogens is 546 g/mol. The molecule has 10 nitrogen and oxygen atoms in total. The molecular formula is C30H56ClN5O5. The number of aliphatic hydroxyl groups excluding tert-OH is 3. The number of fused-ring (bicyclic) bond motifs is 5. The molecule has 11 atom stereocenters. The Kier molecular flexibility index (Phi) is 12.8. The van der Waals surface area contributed by atoms with Crippen LogP contribution < -0.4 is 16.4 Å². The highest BCUT2D eigenvalue weighted by molar-refractivity contribution is 5.94. The summed E-state index contributed by atoms with van der Waals surface area (Å²) in [5.41, 5.74) is 4.85. The van der Waals surface area contributed by atoms with Gasteiger partial charge in [-0.3, -0.25) is 20.9 Å². The number of carboxylic acid groups (broad SMARTS) is 1. The van der Waals surface area contributed by atoms with Gasteiger partial charge in [-0.1, -0.05) is 34.1 Å². The number of halogens is 1. The molecule has 41 heavy (non-hydrogen) atoms. The number of rotatable bonds is 7. The first kappa shape index (κ1) is 35.6. The van der Waals surface area contributed by atoms with Gasteiger partial charge in [-0.25, -0.2) is 0 Å². The monoisotopic (exact) mass is 601 g/mol. The van der Waals surface area contributed by atoms with Gasteiger partial charge in [0.25, 0.3) is 0 Å². The van der Waals surface area contributed by atoms with E-state index in [9.17, 15) is 20.1 Å². The minimum atomic E-state index is -0.748. The molecule has 11 heteroatoms. The fraction of sp³-hybridized carbons (Fsp3) is 0.900. The molecule has 0 heterocycles. The van der Waals surface area contributed by atoms with Gasteiger partial charge >= 0.3 is 5.97 Å². The van der Waals surface area contributed by atoms with Gasteiger partial charge in [0.15, 0.2) is 11.9 Å². The van der Waals surface area contributed by atoms with Gasteiger partial charge in [0.1, 0.15) is 0 Å². The van der Waals surface area contributed by atoms with E-state index in [1.807, 2.05) is 0 Å². The third-order valence-electron chi connectivity index (χ3n) is 11.4. The fourth-order valence-corrected chi connectivity index (χ4v) is 9.25. The summed E-state index contributed by atoms with van der Waals surface area (Å²) >= 11 is 0. The lowest BCUT2D eigenvalue weighted by Crippen LogP contribution is -2.62. The summed E-state index contributed by atoms with van der Waals surface area (Å²) in [6.45, 7) is 9.54. The molecule has 4 rings (SSSR count). The maximum atomic E-state index is 11.5. The van der Waals surface area contributed by atoms with Crippen LogP contribution in [0.5, 0.6) is 0 Å². The summed E-state index contributed by atoms with van der Waals surface area (Å²) < 4.78 is 0. The van der Waals surface area contributed by atoms with Crippen LogP contribution in [0.4, 0.5) is 0 Å². The Morgan fingerprint density at radius 3 is 2.37 bits per heavy atom. The number of carbonyl (C=O) groups is 1. The Balaban J connectivity index is 0.000000420. The van der Waals surface area contributed by atoms with Crippen LogP contribution in [0.15, 0.2) is 0 Å². The first-order valence-electron chi connectivity index (χ1n) is 15.4. The second kappa shape index (κ2) is 14.7. The van der Waals surface area contributed by atoms with Crippen molar-refractivity contribution in [2.45, 2.75) is 117 Å². The zero-order chi connectivity index (χ0) is 29.8. The Hall–Kier alpha value is -1.62. The summed E-state index contributed by atoms with van der Waals surface area (Å²) in [6, 6.07) is 0. The van der Waals surface area contributed by atoms with Crippen LogP contribution in [-0.2, 0) is 4.79 Å². The van der Waals surface area contributed by atoms with Crippen molar-refractivity contribution in [2.24, 2.45) is 52.1 Å². The summed E-state index contributed by atoms with van der Waals surface area (Å²) in [6.07, 6.45) is 8.10. The van der Waals surface area contributed by atoms with Gasteiger partial charge < -0.3 is 31.5 Å². The van der Waals surface area contributed by atoms with Gasteiger partial charge in [-0.2, -0.15) is 0 Å². The number of aliphatic carboxylic acids is 1. The quantitative estimate of drug-likeness (QED) is 0.120. The second-order valence-electron chi connectivity index (χ2n) is 13.6. The van der Waals surface area contributed by atoms with Crippen LogP contribution in [0.25, 0.3) is 0 Å². The highest BCUT2D eigenvalue weighted by Gasteiger charge is 2.65. The topological polar surface area (TPSA) is 196 Å². The Bertz CT molecular complexity index is 910. The van der Waals surface area contributed by atoms with Crippen molar-refractivity contribution in [3.8, 4) is 0 Å². The van der Waals surface area contributed by atoms with Crippen molar-refractivity contribution in [2.75, 3.05) is 6.54 Å². The number of nitrogens with two attached hydrogens (primary N) is 1. The highest BCUT2D eigenvalue weighted by atomic mass is 35.5. The van der Waals surface area contributed by atoms with Crippen LogP contribution in [-0.4, -0.2) is 63.2 Å². The molecule has 0 bridgehead atoms. The summed E-state index contributed by atoms with van der Waals surface area (Å²) in [5.74, 6) is 0.877. The molecule has 4 saturated carbocycles. The molecule has 0 aromatic heterocycles. The zero-order valence-corrected chi connectivity index (χ0v) is 26.2. The molecule has 0 aromatic rings. The third-order valence-corrected chi connectivity index (χ3v) is 11.4.